The summed E-state index contributed by atoms with van der Waals surface area (Å²) < 4.78 is 2.44. The van der Waals surface area contributed by atoms with Gasteiger partial charge in [-0.15, -0.1) is 0 Å². The molecule has 29 heavy (non-hydrogen) atoms. The maximum absolute atomic E-state index is 12.9. The molecule has 0 radical (unpaired) electrons. The van der Waals surface area contributed by atoms with E-state index in [0.717, 1.165) is 22.5 Å². The van der Waals surface area contributed by atoms with Crippen LogP contribution in [0.2, 0.25) is 0 Å². The minimum Gasteiger partial charge on any atom is -0.293 e. The zero-order chi connectivity index (χ0) is 20.4. The summed E-state index contributed by atoms with van der Waals surface area (Å²) in [5.74, 6) is 0.312. The number of aromatic nitrogens is 3. The van der Waals surface area contributed by atoms with Gasteiger partial charge in [-0.3, -0.25) is 14.7 Å². The first-order valence-corrected chi connectivity index (χ1v) is 10.6. The van der Waals surface area contributed by atoms with Crippen molar-refractivity contribution in [1.29, 1.82) is 0 Å². The third-order valence-electron chi connectivity index (χ3n) is 4.42. The number of hydrogen-bond acceptors (Lipinski definition) is 5. The number of rotatable bonds is 5. The zero-order valence-corrected chi connectivity index (χ0v) is 17.8. The zero-order valence-electron chi connectivity index (χ0n) is 16.1. The summed E-state index contributed by atoms with van der Waals surface area (Å²) in [6.45, 7) is 4.78. The fourth-order valence-electron chi connectivity index (χ4n) is 3.10. The van der Waals surface area contributed by atoms with Gasteiger partial charge in [-0.05, 0) is 36.3 Å². The molecule has 146 valence electrons. The molecule has 1 aromatic carbocycles. The maximum atomic E-state index is 12.9. The molecule has 0 bridgehead atoms. The summed E-state index contributed by atoms with van der Waals surface area (Å²) in [6.07, 6.45) is 7.31. The molecule has 4 rings (SSSR count). The highest BCUT2D eigenvalue weighted by Crippen LogP contribution is 2.35. The fraction of sp³-hybridized carbons (Fsp3) is 0.182. The summed E-state index contributed by atoms with van der Waals surface area (Å²) in [5.41, 5.74) is 3.56. The van der Waals surface area contributed by atoms with Gasteiger partial charge in [-0.2, -0.15) is 5.10 Å². The van der Waals surface area contributed by atoms with Crippen LogP contribution in [-0.2, 0) is 4.79 Å². The molecule has 1 aliphatic heterocycles. The van der Waals surface area contributed by atoms with Crippen molar-refractivity contribution in [3.63, 3.8) is 0 Å². The van der Waals surface area contributed by atoms with Crippen LogP contribution in [0.5, 0.6) is 0 Å². The van der Waals surface area contributed by atoms with E-state index >= 15 is 0 Å². The summed E-state index contributed by atoms with van der Waals surface area (Å²) in [6, 6.07) is 13.7. The molecule has 1 saturated heterocycles. The SMILES string of the molecule is CC(C)CN1C(=O)/C(=C/c2cn(-c3ccccc3)nc2-c2ccncc2)SC1=S. The van der Waals surface area contributed by atoms with Crippen molar-refractivity contribution in [2.75, 3.05) is 6.54 Å². The molecular formula is C22H20N4OS2. The van der Waals surface area contributed by atoms with Gasteiger partial charge in [0.05, 0.1) is 10.6 Å². The van der Waals surface area contributed by atoms with Gasteiger partial charge in [-0.1, -0.05) is 56.0 Å². The molecule has 1 aliphatic rings. The van der Waals surface area contributed by atoms with Crippen LogP contribution in [-0.4, -0.2) is 36.4 Å². The molecule has 2 aromatic heterocycles. The Morgan fingerprint density at radius 2 is 1.86 bits per heavy atom. The van der Waals surface area contributed by atoms with Gasteiger partial charge < -0.3 is 0 Å². The van der Waals surface area contributed by atoms with E-state index in [9.17, 15) is 4.79 Å². The number of thiocarbonyl (C=S) groups is 1. The van der Waals surface area contributed by atoms with Crippen LogP contribution < -0.4 is 0 Å². The van der Waals surface area contributed by atoms with Gasteiger partial charge in [-0.25, -0.2) is 4.68 Å². The molecule has 7 heteroatoms. The van der Waals surface area contributed by atoms with Gasteiger partial charge in [0.25, 0.3) is 5.91 Å². The van der Waals surface area contributed by atoms with E-state index in [1.165, 1.54) is 11.8 Å². The first-order chi connectivity index (χ1) is 14.0. The van der Waals surface area contributed by atoms with Crippen LogP contribution in [0.4, 0.5) is 0 Å². The molecule has 5 nitrogen and oxygen atoms in total. The van der Waals surface area contributed by atoms with Crippen LogP contribution in [0, 0.1) is 5.92 Å². The van der Waals surface area contributed by atoms with Crippen LogP contribution in [0.1, 0.15) is 19.4 Å². The van der Waals surface area contributed by atoms with E-state index in [-0.39, 0.29) is 5.91 Å². The fourth-order valence-corrected chi connectivity index (χ4v) is 4.37. The number of nitrogens with zero attached hydrogens (tertiary/aromatic N) is 4. The number of pyridine rings is 1. The van der Waals surface area contributed by atoms with E-state index in [0.29, 0.717) is 21.7 Å². The third-order valence-corrected chi connectivity index (χ3v) is 5.80. The molecular weight excluding hydrogens is 400 g/mol. The Hall–Kier alpha value is -2.77. The largest absolute Gasteiger partial charge is 0.293 e. The summed E-state index contributed by atoms with van der Waals surface area (Å²) in [5, 5.41) is 4.78. The Labute approximate surface area is 179 Å². The lowest BCUT2D eigenvalue weighted by Crippen LogP contribution is -2.31. The average Bonchev–Trinajstić information content (AvgIpc) is 3.26. The Balaban J connectivity index is 1.77. The van der Waals surface area contributed by atoms with Crippen LogP contribution in [0.15, 0.2) is 66.0 Å². The van der Waals surface area contributed by atoms with Crippen LogP contribution >= 0.6 is 24.0 Å². The van der Waals surface area contributed by atoms with Gasteiger partial charge in [0.15, 0.2) is 0 Å². The molecule has 1 amide bonds. The second-order valence-electron chi connectivity index (χ2n) is 7.14. The van der Waals surface area contributed by atoms with Crippen molar-refractivity contribution in [3.8, 4) is 16.9 Å². The number of para-hydroxylation sites is 1. The Bertz CT molecular complexity index is 1070. The number of carbonyl (C=O) groups excluding carboxylic acids is 1. The van der Waals surface area contributed by atoms with Gasteiger partial charge in [0.1, 0.15) is 10.0 Å². The van der Waals surface area contributed by atoms with E-state index in [1.54, 1.807) is 17.3 Å². The lowest BCUT2D eigenvalue weighted by molar-refractivity contribution is -0.122. The smallest absolute Gasteiger partial charge is 0.266 e. The monoisotopic (exact) mass is 420 g/mol. The molecule has 1 fully saturated rings. The molecule has 0 aliphatic carbocycles. The lowest BCUT2D eigenvalue weighted by atomic mass is 10.1. The van der Waals surface area contributed by atoms with Crippen molar-refractivity contribution in [3.05, 3.63) is 71.5 Å². The minimum absolute atomic E-state index is 0.0400. The van der Waals surface area contributed by atoms with Gasteiger partial charge in [0.2, 0.25) is 0 Å². The average molecular weight is 421 g/mol. The van der Waals surface area contributed by atoms with Crippen molar-refractivity contribution < 1.29 is 4.79 Å². The standard InChI is InChI=1S/C22H20N4OS2/c1-15(2)13-25-21(27)19(29-22(25)28)12-17-14-26(18-6-4-3-5-7-18)24-20(17)16-8-10-23-11-9-16/h3-12,14-15H,13H2,1-2H3/b19-12-. The third kappa shape index (κ3) is 4.16. The van der Waals surface area contributed by atoms with E-state index in [2.05, 4.69) is 18.8 Å². The van der Waals surface area contributed by atoms with Crippen molar-refractivity contribution in [2.45, 2.75) is 13.8 Å². The summed E-state index contributed by atoms with van der Waals surface area (Å²) >= 11 is 6.78. The molecule has 3 heterocycles. The second-order valence-corrected chi connectivity index (χ2v) is 8.81. The molecule has 0 spiro atoms. The molecule has 0 unspecified atom stereocenters. The normalized spacial score (nSPS) is 15.7. The van der Waals surface area contributed by atoms with Crippen molar-refractivity contribution in [2.24, 2.45) is 5.92 Å². The van der Waals surface area contributed by atoms with E-state index in [1.807, 2.05) is 59.4 Å². The number of hydrogen-bond donors (Lipinski definition) is 0. The lowest BCUT2D eigenvalue weighted by Gasteiger charge is -2.16. The number of amides is 1. The van der Waals surface area contributed by atoms with Gasteiger partial charge in [0, 0.05) is 36.3 Å². The highest BCUT2D eigenvalue weighted by Gasteiger charge is 2.32. The number of carbonyl (C=O) groups is 1. The van der Waals surface area contributed by atoms with E-state index < -0.39 is 0 Å². The molecule has 0 N–H and O–H groups in total. The maximum Gasteiger partial charge on any atom is 0.266 e. The number of thioether (sulfide) groups is 1. The predicted octanol–water partition coefficient (Wildman–Crippen LogP) is 4.79. The number of benzene rings is 1. The second kappa shape index (κ2) is 8.31. The molecule has 0 atom stereocenters. The first-order valence-electron chi connectivity index (χ1n) is 9.34. The van der Waals surface area contributed by atoms with Crippen LogP contribution in [0.3, 0.4) is 0 Å². The highest BCUT2D eigenvalue weighted by molar-refractivity contribution is 8.26. The quantitative estimate of drug-likeness (QED) is 0.439. The summed E-state index contributed by atoms with van der Waals surface area (Å²) in [4.78, 5) is 19.3. The predicted molar refractivity (Wildman–Crippen MR) is 122 cm³/mol. The Morgan fingerprint density at radius 3 is 2.55 bits per heavy atom. The van der Waals surface area contributed by atoms with E-state index in [4.69, 9.17) is 17.3 Å². The van der Waals surface area contributed by atoms with Crippen molar-refractivity contribution >= 4 is 40.3 Å². The topological polar surface area (TPSA) is 51.0 Å². The minimum atomic E-state index is -0.0400. The Morgan fingerprint density at radius 1 is 1.14 bits per heavy atom. The van der Waals surface area contributed by atoms with Crippen molar-refractivity contribution in [1.82, 2.24) is 19.7 Å². The first kappa shape index (κ1) is 19.5. The Kier molecular flexibility index (Phi) is 5.60. The van der Waals surface area contributed by atoms with Crippen LogP contribution in [0.25, 0.3) is 23.0 Å². The molecule has 0 saturated carbocycles. The highest BCUT2D eigenvalue weighted by atomic mass is 32.2. The molecule has 3 aromatic rings. The van der Waals surface area contributed by atoms with Gasteiger partial charge >= 0.3 is 0 Å². The summed E-state index contributed by atoms with van der Waals surface area (Å²) in [7, 11) is 0.